The van der Waals surface area contributed by atoms with Crippen LogP contribution >= 0.6 is 11.8 Å². The number of thioether (sulfide) groups is 1. The third-order valence-corrected chi connectivity index (χ3v) is 5.01. The van der Waals surface area contributed by atoms with Crippen LogP contribution in [0.1, 0.15) is 18.5 Å². The van der Waals surface area contributed by atoms with Crippen molar-refractivity contribution in [3.8, 4) is 0 Å². The van der Waals surface area contributed by atoms with Crippen molar-refractivity contribution in [3.63, 3.8) is 0 Å². The number of hydrogen-bond donors (Lipinski definition) is 1. The summed E-state index contributed by atoms with van der Waals surface area (Å²) in [6.07, 6.45) is 4.71. The van der Waals surface area contributed by atoms with E-state index in [0.29, 0.717) is 10.7 Å². The van der Waals surface area contributed by atoms with Gasteiger partial charge in [-0.2, -0.15) is 16.9 Å². The number of imidazole rings is 1. The summed E-state index contributed by atoms with van der Waals surface area (Å²) in [4.78, 5) is 4.43. The number of hydrogen-bond acceptors (Lipinski definition) is 4. The molecular formula is C11H17N5S. The van der Waals surface area contributed by atoms with Crippen LogP contribution in [0.25, 0.3) is 11.2 Å². The molecule has 92 valence electrons. The summed E-state index contributed by atoms with van der Waals surface area (Å²) in [6, 6.07) is 0. The summed E-state index contributed by atoms with van der Waals surface area (Å²) in [5.74, 6) is 0.608. The molecule has 1 saturated carbocycles. The van der Waals surface area contributed by atoms with Crippen LogP contribution < -0.4 is 5.73 Å². The number of nitrogen functional groups attached to an aromatic ring is 1. The molecule has 0 spiro atoms. The lowest BCUT2D eigenvalue weighted by atomic mass is 10.4. The lowest BCUT2D eigenvalue weighted by molar-refractivity contribution is 0.654. The van der Waals surface area contributed by atoms with Gasteiger partial charge in [-0.05, 0) is 26.0 Å². The van der Waals surface area contributed by atoms with Crippen molar-refractivity contribution in [2.24, 2.45) is 7.05 Å². The van der Waals surface area contributed by atoms with Crippen molar-refractivity contribution >= 4 is 28.9 Å². The maximum absolute atomic E-state index is 6.03. The summed E-state index contributed by atoms with van der Waals surface area (Å²) in [6.45, 7) is 2.91. The van der Waals surface area contributed by atoms with Crippen molar-refractivity contribution < 1.29 is 0 Å². The molecule has 0 unspecified atom stereocenters. The Morgan fingerprint density at radius 2 is 2.18 bits per heavy atom. The molecule has 2 N–H and O–H groups in total. The highest BCUT2D eigenvalue weighted by Gasteiger charge is 2.43. The summed E-state index contributed by atoms with van der Waals surface area (Å²) >= 11 is 1.93. The zero-order valence-corrected chi connectivity index (χ0v) is 11.2. The average Bonchev–Trinajstić information content (AvgIpc) is 2.92. The van der Waals surface area contributed by atoms with Gasteiger partial charge in [-0.1, -0.05) is 0 Å². The van der Waals surface area contributed by atoms with Crippen LogP contribution in [0.4, 0.5) is 5.95 Å². The first-order valence-electron chi connectivity index (χ1n) is 5.77. The first-order valence-corrected chi connectivity index (χ1v) is 6.99. The van der Waals surface area contributed by atoms with Gasteiger partial charge in [0.25, 0.3) is 0 Å². The molecule has 1 aliphatic rings. The maximum Gasteiger partial charge on any atom is 0.202 e. The van der Waals surface area contributed by atoms with Gasteiger partial charge in [0.15, 0.2) is 5.65 Å². The number of aromatic nitrogens is 4. The molecule has 5 nitrogen and oxygen atoms in total. The van der Waals surface area contributed by atoms with Crippen molar-refractivity contribution in [2.45, 2.75) is 31.1 Å². The molecule has 0 aromatic carbocycles. The monoisotopic (exact) mass is 251 g/mol. The molecule has 0 atom stereocenters. The van der Waals surface area contributed by atoms with Crippen LogP contribution in [0.2, 0.25) is 0 Å². The Morgan fingerprint density at radius 3 is 2.76 bits per heavy atom. The fourth-order valence-corrected chi connectivity index (χ4v) is 3.13. The molecule has 17 heavy (non-hydrogen) atoms. The highest BCUT2D eigenvalue weighted by molar-refractivity contribution is 8.00. The highest BCUT2D eigenvalue weighted by Crippen LogP contribution is 2.49. The van der Waals surface area contributed by atoms with Crippen molar-refractivity contribution in [3.05, 3.63) is 5.69 Å². The second-order valence-corrected chi connectivity index (χ2v) is 6.10. The van der Waals surface area contributed by atoms with Gasteiger partial charge in [0, 0.05) is 18.3 Å². The minimum Gasteiger partial charge on any atom is -0.369 e. The Bertz CT molecular complexity index is 578. The largest absolute Gasteiger partial charge is 0.369 e. The Morgan fingerprint density at radius 1 is 1.47 bits per heavy atom. The van der Waals surface area contributed by atoms with Gasteiger partial charge in [-0.25, -0.2) is 4.98 Å². The third-order valence-electron chi connectivity index (χ3n) is 3.61. The number of nitrogens with zero attached hydrogens (tertiary/aromatic N) is 4. The first kappa shape index (κ1) is 11.0. The lowest BCUT2D eigenvalue weighted by Gasteiger charge is -2.14. The van der Waals surface area contributed by atoms with E-state index >= 15 is 0 Å². The minimum atomic E-state index is 0.375. The normalized spacial score (nSPS) is 17.8. The zero-order valence-electron chi connectivity index (χ0n) is 10.4. The Kier molecular flexibility index (Phi) is 2.20. The molecule has 0 amide bonds. The molecule has 1 fully saturated rings. The summed E-state index contributed by atoms with van der Waals surface area (Å²) in [7, 11) is 1.95. The second-order valence-electron chi connectivity index (χ2n) is 4.82. The first-order chi connectivity index (χ1) is 8.06. The van der Waals surface area contributed by atoms with Gasteiger partial charge in [0.1, 0.15) is 5.52 Å². The molecule has 0 radical (unpaired) electrons. The van der Waals surface area contributed by atoms with E-state index in [-0.39, 0.29) is 0 Å². The molecule has 6 heteroatoms. The van der Waals surface area contributed by atoms with Gasteiger partial charge >= 0.3 is 0 Å². The van der Waals surface area contributed by atoms with Crippen LogP contribution in [0.5, 0.6) is 0 Å². The van der Waals surface area contributed by atoms with Crippen LogP contribution in [0, 0.1) is 6.92 Å². The van der Waals surface area contributed by atoms with E-state index in [1.54, 1.807) is 0 Å². The number of aryl methyl sites for hydroxylation is 2. The van der Waals surface area contributed by atoms with Crippen LogP contribution in [-0.2, 0) is 13.6 Å². The molecule has 2 aromatic heterocycles. The van der Waals surface area contributed by atoms with E-state index in [9.17, 15) is 0 Å². The standard InChI is InChI=1S/C11H17N5S/c1-7-8-9(15(2)14-7)16(10(12)13-8)6-11(17-3)4-5-11/h4-6H2,1-3H3,(H2,12,13). The predicted molar refractivity (Wildman–Crippen MR) is 71.1 cm³/mol. The summed E-state index contributed by atoms with van der Waals surface area (Å²) in [5.41, 5.74) is 8.95. The predicted octanol–water partition coefficient (Wildman–Crippen LogP) is 1.56. The number of fused-ring (bicyclic) bond motifs is 1. The van der Waals surface area contributed by atoms with Gasteiger partial charge < -0.3 is 5.73 Å². The third kappa shape index (κ3) is 1.54. The van der Waals surface area contributed by atoms with Crippen molar-refractivity contribution in [1.82, 2.24) is 19.3 Å². The fraction of sp³-hybridized carbons (Fsp3) is 0.636. The number of nitrogens with two attached hydrogens (primary N) is 1. The molecule has 0 bridgehead atoms. The fourth-order valence-electron chi connectivity index (χ4n) is 2.36. The molecule has 0 saturated heterocycles. The van der Waals surface area contributed by atoms with E-state index in [1.165, 1.54) is 12.8 Å². The summed E-state index contributed by atoms with van der Waals surface area (Å²) in [5, 5.41) is 4.40. The summed E-state index contributed by atoms with van der Waals surface area (Å²) < 4.78 is 4.36. The Hall–Kier alpha value is -1.17. The van der Waals surface area contributed by atoms with Crippen molar-refractivity contribution in [1.29, 1.82) is 0 Å². The molecule has 2 aromatic rings. The molecule has 0 aliphatic heterocycles. The smallest absolute Gasteiger partial charge is 0.202 e. The maximum atomic E-state index is 6.03. The molecule has 2 heterocycles. The number of anilines is 1. The van der Waals surface area contributed by atoms with E-state index in [2.05, 4.69) is 20.9 Å². The van der Waals surface area contributed by atoms with E-state index in [1.807, 2.05) is 30.4 Å². The minimum absolute atomic E-state index is 0.375. The topological polar surface area (TPSA) is 61.7 Å². The Balaban J connectivity index is 2.11. The van der Waals surface area contributed by atoms with Crippen LogP contribution in [0.3, 0.4) is 0 Å². The highest BCUT2D eigenvalue weighted by atomic mass is 32.2. The van der Waals surface area contributed by atoms with Crippen LogP contribution in [-0.4, -0.2) is 30.3 Å². The van der Waals surface area contributed by atoms with Gasteiger partial charge in [-0.3, -0.25) is 9.25 Å². The second kappa shape index (κ2) is 3.41. The number of rotatable bonds is 3. The zero-order chi connectivity index (χ0) is 12.2. The van der Waals surface area contributed by atoms with E-state index < -0.39 is 0 Å². The van der Waals surface area contributed by atoms with Gasteiger partial charge in [-0.15, -0.1) is 0 Å². The molecule has 3 rings (SSSR count). The lowest BCUT2D eigenvalue weighted by Crippen LogP contribution is -2.17. The van der Waals surface area contributed by atoms with E-state index in [4.69, 9.17) is 5.73 Å². The quantitative estimate of drug-likeness (QED) is 0.899. The van der Waals surface area contributed by atoms with Crippen molar-refractivity contribution in [2.75, 3.05) is 12.0 Å². The average molecular weight is 251 g/mol. The van der Waals surface area contributed by atoms with Gasteiger partial charge in [0.2, 0.25) is 5.95 Å². The molecule has 1 aliphatic carbocycles. The van der Waals surface area contributed by atoms with E-state index in [0.717, 1.165) is 23.4 Å². The Labute approximate surface area is 104 Å². The van der Waals surface area contributed by atoms with Gasteiger partial charge in [0.05, 0.1) is 5.69 Å². The molecular weight excluding hydrogens is 234 g/mol. The SMILES string of the molecule is CSC1(Cn2c(N)nc3c(C)nn(C)c32)CC1. The van der Waals surface area contributed by atoms with Crippen LogP contribution in [0.15, 0.2) is 0 Å².